The number of amidine groups is 1. The summed E-state index contributed by atoms with van der Waals surface area (Å²) >= 11 is 7.45. The maximum absolute atomic E-state index is 13.0. The molecule has 0 radical (unpaired) electrons. The van der Waals surface area contributed by atoms with Crippen molar-refractivity contribution < 1.29 is 12.8 Å². The van der Waals surface area contributed by atoms with Gasteiger partial charge < -0.3 is 0 Å². The van der Waals surface area contributed by atoms with Crippen molar-refractivity contribution in [3.05, 3.63) is 64.9 Å². The van der Waals surface area contributed by atoms with Crippen molar-refractivity contribution in [3.8, 4) is 0 Å². The molecular formula is C16H14ClFN2O2S2. The van der Waals surface area contributed by atoms with Crippen LogP contribution >= 0.6 is 23.4 Å². The summed E-state index contributed by atoms with van der Waals surface area (Å²) in [5.74, 6) is 0.0471. The molecule has 1 aliphatic heterocycles. The van der Waals surface area contributed by atoms with Crippen LogP contribution in [0.3, 0.4) is 0 Å². The van der Waals surface area contributed by atoms with E-state index in [9.17, 15) is 12.8 Å². The lowest BCUT2D eigenvalue weighted by Gasteiger charge is -2.20. The third-order valence-corrected chi connectivity index (χ3v) is 6.83. The van der Waals surface area contributed by atoms with Gasteiger partial charge in [0.2, 0.25) is 0 Å². The van der Waals surface area contributed by atoms with Crippen LogP contribution in [0.4, 0.5) is 4.39 Å². The largest absolute Gasteiger partial charge is 0.265 e. The molecule has 0 unspecified atom stereocenters. The molecule has 0 fully saturated rings. The molecule has 2 aromatic rings. The molecule has 0 N–H and O–H groups in total. The van der Waals surface area contributed by atoms with Gasteiger partial charge in [-0.1, -0.05) is 41.6 Å². The summed E-state index contributed by atoms with van der Waals surface area (Å²) in [5.41, 5.74) is 0.915. The minimum atomic E-state index is -3.74. The molecule has 1 aliphatic rings. The Labute approximate surface area is 149 Å². The van der Waals surface area contributed by atoms with Crippen LogP contribution in [0.25, 0.3) is 0 Å². The van der Waals surface area contributed by atoms with Crippen molar-refractivity contribution in [2.75, 3.05) is 13.1 Å². The lowest BCUT2D eigenvalue weighted by Crippen LogP contribution is -2.32. The van der Waals surface area contributed by atoms with Crippen LogP contribution in [0, 0.1) is 5.82 Å². The van der Waals surface area contributed by atoms with Gasteiger partial charge in [0.25, 0.3) is 10.0 Å². The molecule has 0 bridgehead atoms. The number of halogens is 2. The standard InChI is InChI=1S/C16H14ClFN2O2S2/c17-15-4-2-1-3-12(15)11-23-16-19-9-10-20(16)24(21,22)14-7-5-13(18)6-8-14/h1-8H,9-11H2. The summed E-state index contributed by atoms with van der Waals surface area (Å²) in [6, 6.07) is 12.2. The average Bonchev–Trinajstić information content (AvgIpc) is 3.04. The molecule has 3 rings (SSSR count). The molecule has 8 heteroatoms. The second kappa shape index (κ2) is 7.13. The van der Waals surface area contributed by atoms with Gasteiger partial charge in [0.15, 0.2) is 5.17 Å². The fraction of sp³-hybridized carbons (Fsp3) is 0.188. The molecule has 0 aliphatic carbocycles. The third kappa shape index (κ3) is 3.58. The molecule has 0 spiro atoms. The van der Waals surface area contributed by atoms with Gasteiger partial charge >= 0.3 is 0 Å². The molecule has 2 aromatic carbocycles. The van der Waals surface area contributed by atoms with Crippen molar-refractivity contribution in [2.45, 2.75) is 10.6 Å². The number of sulfonamides is 1. The number of hydrogen-bond acceptors (Lipinski definition) is 4. The van der Waals surface area contributed by atoms with Gasteiger partial charge in [0.05, 0.1) is 18.0 Å². The van der Waals surface area contributed by atoms with E-state index in [0.29, 0.717) is 22.5 Å². The van der Waals surface area contributed by atoms with Crippen molar-refractivity contribution in [3.63, 3.8) is 0 Å². The minimum Gasteiger partial charge on any atom is -0.260 e. The van der Waals surface area contributed by atoms with E-state index in [2.05, 4.69) is 4.99 Å². The highest BCUT2D eigenvalue weighted by Crippen LogP contribution is 2.27. The van der Waals surface area contributed by atoms with Crippen LogP contribution in [-0.4, -0.2) is 31.0 Å². The number of aliphatic imine (C=N–C) groups is 1. The molecule has 4 nitrogen and oxygen atoms in total. The fourth-order valence-electron chi connectivity index (χ4n) is 2.24. The van der Waals surface area contributed by atoms with E-state index in [1.54, 1.807) is 6.07 Å². The van der Waals surface area contributed by atoms with E-state index >= 15 is 0 Å². The predicted octanol–water partition coefficient (Wildman–Crippen LogP) is 3.77. The maximum Gasteiger partial charge on any atom is 0.265 e. The van der Waals surface area contributed by atoms with Gasteiger partial charge in [0.1, 0.15) is 5.82 Å². The first-order valence-corrected chi connectivity index (χ1v) is 9.98. The fourth-order valence-corrected chi connectivity index (χ4v) is 5.25. The number of thioether (sulfide) groups is 1. The van der Waals surface area contributed by atoms with Gasteiger partial charge in [-0.2, -0.15) is 0 Å². The van der Waals surface area contributed by atoms with E-state index < -0.39 is 15.8 Å². The summed E-state index contributed by atoms with van der Waals surface area (Å²) in [4.78, 5) is 4.33. The summed E-state index contributed by atoms with van der Waals surface area (Å²) in [5, 5.41) is 1.07. The predicted molar refractivity (Wildman–Crippen MR) is 95.3 cm³/mol. The number of rotatable bonds is 4. The smallest absolute Gasteiger partial charge is 0.260 e. The van der Waals surface area contributed by atoms with E-state index in [1.165, 1.54) is 28.2 Å². The quantitative estimate of drug-likeness (QED) is 0.806. The van der Waals surface area contributed by atoms with Gasteiger partial charge in [-0.25, -0.2) is 17.1 Å². The second-order valence-corrected chi connectivity index (χ2v) is 8.29. The zero-order valence-corrected chi connectivity index (χ0v) is 14.9. The molecule has 0 saturated carbocycles. The van der Waals surface area contributed by atoms with Crippen LogP contribution in [0.1, 0.15) is 5.56 Å². The molecule has 24 heavy (non-hydrogen) atoms. The topological polar surface area (TPSA) is 49.7 Å². The van der Waals surface area contributed by atoms with Crippen molar-refractivity contribution in [1.29, 1.82) is 0 Å². The third-order valence-electron chi connectivity index (χ3n) is 3.48. The average molecular weight is 385 g/mol. The zero-order valence-electron chi connectivity index (χ0n) is 12.5. The van der Waals surface area contributed by atoms with Crippen molar-refractivity contribution in [1.82, 2.24) is 4.31 Å². The van der Waals surface area contributed by atoms with Crippen LogP contribution in [0.5, 0.6) is 0 Å². The van der Waals surface area contributed by atoms with Crippen LogP contribution in [-0.2, 0) is 15.8 Å². The summed E-state index contributed by atoms with van der Waals surface area (Å²) < 4.78 is 39.7. The molecule has 126 valence electrons. The first-order valence-electron chi connectivity index (χ1n) is 7.17. The molecular weight excluding hydrogens is 371 g/mol. The van der Waals surface area contributed by atoms with E-state index in [-0.39, 0.29) is 11.4 Å². The minimum absolute atomic E-state index is 0.0526. The zero-order chi connectivity index (χ0) is 17.2. The summed E-state index contributed by atoms with van der Waals surface area (Å²) in [6.45, 7) is 0.690. The molecule has 0 saturated heterocycles. The molecule has 0 amide bonds. The van der Waals surface area contributed by atoms with Gasteiger partial charge in [-0.05, 0) is 35.9 Å². The van der Waals surface area contributed by atoms with E-state index in [4.69, 9.17) is 11.6 Å². The lowest BCUT2D eigenvalue weighted by atomic mass is 10.2. The van der Waals surface area contributed by atoms with Crippen LogP contribution in [0.15, 0.2) is 58.4 Å². The Balaban J connectivity index is 1.78. The van der Waals surface area contributed by atoms with Gasteiger partial charge in [-0.15, -0.1) is 0 Å². The monoisotopic (exact) mass is 384 g/mol. The van der Waals surface area contributed by atoms with Gasteiger partial charge in [0, 0.05) is 10.8 Å². The summed E-state index contributed by atoms with van der Waals surface area (Å²) in [7, 11) is -3.74. The molecule has 0 aromatic heterocycles. The maximum atomic E-state index is 13.0. The molecule has 0 atom stereocenters. The second-order valence-electron chi connectivity index (χ2n) is 5.08. The summed E-state index contributed by atoms with van der Waals surface area (Å²) in [6.07, 6.45) is 0. The van der Waals surface area contributed by atoms with E-state index in [1.807, 2.05) is 18.2 Å². The highest BCUT2D eigenvalue weighted by molar-refractivity contribution is 8.14. The Bertz CT molecular complexity index is 870. The van der Waals surface area contributed by atoms with Crippen molar-refractivity contribution >= 4 is 38.6 Å². The molecule has 1 heterocycles. The van der Waals surface area contributed by atoms with Crippen molar-refractivity contribution in [2.24, 2.45) is 4.99 Å². The first kappa shape index (κ1) is 17.3. The highest BCUT2D eigenvalue weighted by atomic mass is 35.5. The van der Waals surface area contributed by atoms with Gasteiger partial charge in [-0.3, -0.25) is 4.99 Å². The number of benzene rings is 2. The Kier molecular flexibility index (Phi) is 5.12. The lowest BCUT2D eigenvalue weighted by molar-refractivity contribution is 0.539. The Morgan fingerprint density at radius 3 is 2.58 bits per heavy atom. The normalized spacial score (nSPS) is 14.8. The van der Waals surface area contributed by atoms with Crippen LogP contribution in [0.2, 0.25) is 5.02 Å². The first-order chi connectivity index (χ1) is 11.5. The van der Waals surface area contributed by atoms with Crippen LogP contribution < -0.4 is 0 Å². The highest BCUT2D eigenvalue weighted by Gasteiger charge is 2.30. The van der Waals surface area contributed by atoms with E-state index in [0.717, 1.165) is 17.7 Å². The number of hydrogen-bond donors (Lipinski definition) is 0. The SMILES string of the molecule is O=S(=O)(c1ccc(F)cc1)N1CCN=C1SCc1ccccc1Cl. The Morgan fingerprint density at radius 1 is 1.17 bits per heavy atom. The number of nitrogens with zero attached hydrogens (tertiary/aromatic N) is 2. The Morgan fingerprint density at radius 2 is 1.88 bits per heavy atom. The Hall–Kier alpha value is -1.57.